The zero-order valence-electron chi connectivity index (χ0n) is 18.2. The molecular formula is C23H23F3N4O4. The number of benzene rings is 2. The molecule has 0 unspecified atom stereocenters. The molecule has 1 fully saturated rings. The van der Waals surface area contributed by atoms with Crippen LogP contribution in [0.25, 0.3) is 16.6 Å². The summed E-state index contributed by atoms with van der Waals surface area (Å²) in [7, 11) is 2.09. The standard InChI is InChI=1S/C19H19F3N4.C4H4O4/c1-24-10-12-25(13-11-24)18-16-4-2-3-5-17(16)26(23-18)15-8-6-14(7-9-15)19(20,21)22;5-3(6)1-2-4(7)8/h2-9H,10-13H2,1H3;1-2H,(H,5,6)(H,7,8)/b;2-1+. The van der Waals surface area contributed by atoms with E-state index in [1.165, 1.54) is 12.1 Å². The molecule has 11 heteroatoms. The second kappa shape index (κ2) is 10.4. The number of aromatic nitrogens is 2. The van der Waals surface area contributed by atoms with Gasteiger partial charge in [-0.05, 0) is 43.4 Å². The van der Waals surface area contributed by atoms with Crippen LogP contribution in [0.2, 0.25) is 0 Å². The molecule has 0 atom stereocenters. The van der Waals surface area contributed by atoms with Gasteiger partial charge in [0.2, 0.25) is 0 Å². The number of rotatable bonds is 4. The first-order chi connectivity index (χ1) is 16.1. The third-order valence-corrected chi connectivity index (χ3v) is 5.18. The maximum atomic E-state index is 12.8. The average molecular weight is 476 g/mol. The fourth-order valence-corrected chi connectivity index (χ4v) is 3.43. The van der Waals surface area contributed by atoms with E-state index in [0.717, 1.165) is 55.0 Å². The van der Waals surface area contributed by atoms with Gasteiger partial charge in [0.05, 0.1) is 16.8 Å². The highest BCUT2D eigenvalue weighted by atomic mass is 19.4. The molecule has 1 aliphatic heterocycles. The van der Waals surface area contributed by atoms with E-state index in [1.807, 2.05) is 24.3 Å². The van der Waals surface area contributed by atoms with Crippen molar-refractivity contribution in [1.82, 2.24) is 14.7 Å². The predicted octanol–water partition coefficient (Wildman–Crippen LogP) is 3.51. The number of carboxylic acid groups (broad SMARTS) is 2. The van der Waals surface area contributed by atoms with Crippen LogP contribution in [0, 0.1) is 0 Å². The largest absolute Gasteiger partial charge is 0.478 e. The number of halogens is 3. The highest BCUT2D eigenvalue weighted by molar-refractivity contribution is 5.92. The lowest BCUT2D eigenvalue weighted by Crippen LogP contribution is -2.44. The SMILES string of the molecule is CN1CCN(c2nn(-c3ccc(C(F)(F)F)cc3)c3ccccc23)CC1.O=C(O)/C=C/C(=O)O. The van der Waals surface area contributed by atoms with Crippen LogP contribution in [0.15, 0.2) is 60.7 Å². The average Bonchev–Trinajstić information content (AvgIpc) is 3.18. The number of hydrogen-bond donors (Lipinski definition) is 2. The molecule has 180 valence electrons. The first-order valence-corrected chi connectivity index (χ1v) is 10.3. The van der Waals surface area contributed by atoms with Crippen molar-refractivity contribution in [2.45, 2.75) is 6.18 Å². The summed E-state index contributed by atoms with van der Waals surface area (Å²) in [6.45, 7) is 3.68. The fraction of sp³-hybridized carbons (Fsp3) is 0.261. The molecule has 1 aromatic heterocycles. The number of carboxylic acids is 2. The first kappa shape index (κ1) is 24.8. The van der Waals surface area contributed by atoms with Crippen LogP contribution in [0.1, 0.15) is 5.56 Å². The van der Waals surface area contributed by atoms with Crippen molar-refractivity contribution in [3.05, 3.63) is 66.2 Å². The van der Waals surface area contributed by atoms with Crippen LogP contribution in [0.3, 0.4) is 0 Å². The van der Waals surface area contributed by atoms with Gasteiger partial charge in [-0.15, -0.1) is 5.10 Å². The molecule has 0 amide bonds. The predicted molar refractivity (Wildman–Crippen MR) is 120 cm³/mol. The molecule has 2 N–H and O–H groups in total. The molecular weight excluding hydrogens is 453 g/mol. The van der Waals surface area contributed by atoms with E-state index in [0.29, 0.717) is 17.8 Å². The molecule has 4 rings (SSSR count). The quantitative estimate of drug-likeness (QED) is 0.556. The third-order valence-electron chi connectivity index (χ3n) is 5.18. The zero-order chi connectivity index (χ0) is 24.9. The molecule has 0 radical (unpaired) electrons. The van der Waals surface area contributed by atoms with E-state index >= 15 is 0 Å². The van der Waals surface area contributed by atoms with Gasteiger partial charge < -0.3 is 20.0 Å². The van der Waals surface area contributed by atoms with Gasteiger partial charge in [0.1, 0.15) is 0 Å². The number of aliphatic carboxylic acids is 2. The molecule has 1 aliphatic rings. The number of nitrogens with zero attached hydrogens (tertiary/aromatic N) is 4. The van der Waals surface area contributed by atoms with Crippen molar-refractivity contribution in [1.29, 1.82) is 0 Å². The van der Waals surface area contributed by atoms with Gasteiger partial charge in [0, 0.05) is 43.7 Å². The van der Waals surface area contributed by atoms with Gasteiger partial charge >= 0.3 is 18.1 Å². The Kier molecular flexibility index (Phi) is 7.57. The van der Waals surface area contributed by atoms with E-state index in [9.17, 15) is 22.8 Å². The van der Waals surface area contributed by atoms with Crippen molar-refractivity contribution < 1.29 is 33.0 Å². The number of anilines is 1. The Balaban J connectivity index is 0.000000350. The smallest absolute Gasteiger partial charge is 0.416 e. The first-order valence-electron chi connectivity index (χ1n) is 10.3. The summed E-state index contributed by atoms with van der Waals surface area (Å²) >= 11 is 0. The minimum absolute atomic E-state index is 0.558. The maximum absolute atomic E-state index is 12.8. The van der Waals surface area contributed by atoms with E-state index in [-0.39, 0.29) is 0 Å². The molecule has 3 aromatic rings. The van der Waals surface area contributed by atoms with Gasteiger partial charge in [-0.2, -0.15) is 13.2 Å². The maximum Gasteiger partial charge on any atom is 0.416 e. The summed E-state index contributed by atoms with van der Waals surface area (Å²) < 4.78 is 40.2. The van der Waals surface area contributed by atoms with Crippen LogP contribution in [-0.2, 0) is 15.8 Å². The molecule has 1 saturated heterocycles. The number of likely N-dealkylation sites (N-methyl/N-ethyl adjacent to an activating group) is 1. The summed E-state index contributed by atoms with van der Waals surface area (Å²) in [4.78, 5) is 23.6. The topological polar surface area (TPSA) is 98.9 Å². The second-order valence-electron chi connectivity index (χ2n) is 7.60. The molecule has 0 saturated carbocycles. The van der Waals surface area contributed by atoms with Crippen molar-refractivity contribution in [3.63, 3.8) is 0 Å². The Labute approximate surface area is 193 Å². The lowest BCUT2D eigenvalue weighted by atomic mass is 10.2. The Morgan fingerprint density at radius 3 is 2.00 bits per heavy atom. The Hall–Kier alpha value is -3.86. The Morgan fingerprint density at radius 1 is 0.912 bits per heavy atom. The van der Waals surface area contributed by atoms with Gasteiger partial charge in [0.25, 0.3) is 0 Å². The molecule has 0 spiro atoms. The van der Waals surface area contributed by atoms with Crippen LogP contribution in [0.4, 0.5) is 19.0 Å². The molecule has 8 nitrogen and oxygen atoms in total. The fourth-order valence-electron chi connectivity index (χ4n) is 3.43. The lowest BCUT2D eigenvalue weighted by molar-refractivity contribution is -0.137. The number of hydrogen-bond acceptors (Lipinski definition) is 5. The molecule has 0 aliphatic carbocycles. The summed E-state index contributed by atoms with van der Waals surface area (Å²) in [5, 5.41) is 21.4. The summed E-state index contributed by atoms with van der Waals surface area (Å²) in [5.74, 6) is -1.63. The molecule has 0 bridgehead atoms. The highest BCUT2D eigenvalue weighted by Crippen LogP contribution is 2.32. The summed E-state index contributed by atoms with van der Waals surface area (Å²) in [5.41, 5.74) is 0.854. The number of piperazine rings is 1. The van der Waals surface area contributed by atoms with Gasteiger partial charge in [-0.25, -0.2) is 14.3 Å². The Morgan fingerprint density at radius 2 is 1.47 bits per heavy atom. The molecule has 2 heterocycles. The zero-order valence-corrected chi connectivity index (χ0v) is 18.2. The van der Waals surface area contributed by atoms with Crippen molar-refractivity contribution in [2.24, 2.45) is 0 Å². The Bertz CT molecular complexity index is 1170. The minimum Gasteiger partial charge on any atom is -0.478 e. The molecule has 2 aromatic carbocycles. The van der Waals surface area contributed by atoms with E-state index in [2.05, 4.69) is 16.8 Å². The molecule has 34 heavy (non-hydrogen) atoms. The van der Waals surface area contributed by atoms with E-state index in [1.54, 1.807) is 4.68 Å². The summed E-state index contributed by atoms with van der Waals surface area (Å²) in [6.07, 6.45) is -3.22. The van der Waals surface area contributed by atoms with Gasteiger partial charge in [0.15, 0.2) is 5.82 Å². The minimum atomic E-state index is -4.34. The van der Waals surface area contributed by atoms with Crippen LogP contribution in [-0.4, -0.2) is 70.1 Å². The van der Waals surface area contributed by atoms with Crippen LogP contribution in [0.5, 0.6) is 0 Å². The summed E-state index contributed by atoms with van der Waals surface area (Å²) in [6, 6.07) is 13.0. The number of alkyl halides is 3. The van der Waals surface area contributed by atoms with Crippen LogP contribution < -0.4 is 4.90 Å². The number of para-hydroxylation sites is 1. The van der Waals surface area contributed by atoms with Crippen molar-refractivity contribution >= 4 is 28.7 Å². The third kappa shape index (κ3) is 6.13. The van der Waals surface area contributed by atoms with Crippen molar-refractivity contribution in [2.75, 3.05) is 38.1 Å². The van der Waals surface area contributed by atoms with E-state index in [4.69, 9.17) is 15.3 Å². The normalized spacial score (nSPS) is 14.8. The second-order valence-corrected chi connectivity index (χ2v) is 7.60. The van der Waals surface area contributed by atoms with Crippen LogP contribution >= 0.6 is 0 Å². The monoisotopic (exact) mass is 476 g/mol. The number of fused-ring (bicyclic) bond motifs is 1. The van der Waals surface area contributed by atoms with Gasteiger partial charge in [-0.1, -0.05) is 12.1 Å². The van der Waals surface area contributed by atoms with Crippen molar-refractivity contribution in [3.8, 4) is 5.69 Å². The number of carbonyl (C=O) groups is 2. The van der Waals surface area contributed by atoms with E-state index < -0.39 is 23.7 Å². The lowest BCUT2D eigenvalue weighted by Gasteiger charge is -2.32. The van der Waals surface area contributed by atoms with Gasteiger partial charge in [-0.3, -0.25) is 0 Å². The highest BCUT2D eigenvalue weighted by Gasteiger charge is 2.30.